The molecule has 0 radical (unpaired) electrons. The summed E-state index contributed by atoms with van der Waals surface area (Å²) in [5.41, 5.74) is 4.39. The van der Waals surface area contributed by atoms with Gasteiger partial charge in [0.15, 0.2) is 11.4 Å². The van der Waals surface area contributed by atoms with Crippen LogP contribution in [0.5, 0.6) is 5.75 Å². The van der Waals surface area contributed by atoms with Gasteiger partial charge >= 0.3 is 0 Å². The van der Waals surface area contributed by atoms with Gasteiger partial charge in [0, 0.05) is 12.1 Å². The lowest BCUT2D eigenvalue weighted by molar-refractivity contribution is 0.102. The van der Waals surface area contributed by atoms with Crippen molar-refractivity contribution in [2.75, 3.05) is 7.11 Å². The van der Waals surface area contributed by atoms with E-state index in [0.29, 0.717) is 18.0 Å². The molecule has 1 heterocycles. The van der Waals surface area contributed by atoms with Crippen LogP contribution in [0.25, 0.3) is 0 Å². The van der Waals surface area contributed by atoms with Gasteiger partial charge in [0.1, 0.15) is 0 Å². The highest BCUT2D eigenvalue weighted by Gasteiger charge is 2.23. The fourth-order valence-corrected chi connectivity index (χ4v) is 2.64. The predicted octanol–water partition coefficient (Wildman–Crippen LogP) is 3.07. The third kappa shape index (κ3) is 2.33. The normalized spacial score (nSPS) is 10.7. The van der Waals surface area contributed by atoms with Crippen molar-refractivity contribution < 1.29 is 9.53 Å². The van der Waals surface area contributed by atoms with Gasteiger partial charge in [0.2, 0.25) is 5.78 Å². The molecule has 2 rings (SSSR count). The van der Waals surface area contributed by atoms with Gasteiger partial charge in [-0.15, -0.1) is 0 Å². The van der Waals surface area contributed by atoms with Crippen molar-refractivity contribution in [1.82, 2.24) is 9.78 Å². The summed E-state index contributed by atoms with van der Waals surface area (Å²) in [4.78, 5) is 12.9. The van der Waals surface area contributed by atoms with Gasteiger partial charge in [0.25, 0.3) is 0 Å². The topological polar surface area (TPSA) is 44.1 Å². The smallest absolute Gasteiger partial charge is 0.215 e. The van der Waals surface area contributed by atoms with E-state index in [9.17, 15) is 4.79 Å². The van der Waals surface area contributed by atoms with E-state index >= 15 is 0 Å². The Kier molecular flexibility index (Phi) is 3.93. The molecule has 0 saturated heterocycles. The summed E-state index contributed by atoms with van der Waals surface area (Å²) in [6, 6.07) is 4.05. The third-order valence-corrected chi connectivity index (χ3v) is 3.44. The van der Waals surface area contributed by atoms with E-state index in [-0.39, 0.29) is 5.78 Å². The fourth-order valence-electron chi connectivity index (χ4n) is 2.64. The highest BCUT2D eigenvalue weighted by Crippen LogP contribution is 2.25. The maximum Gasteiger partial charge on any atom is 0.215 e. The average molecular weight is 272 g/mol. The molecule has 20 heavy (non-hydrogen) atoms. The lowest BCUT2D eigenvalue weighted by Gasteiger charge is -2.12. The Morgan fingerprint density at radius 2 is 1.85 bits per heavy atom. The monoisotopic (exact) mass is 272 g/mol. The quantitative estimate of drug-likeness (QED) is 0.803. The minimum atomic E-state index is -0.0313. The Hall–Kier alpha value is -2.10. The number of carbonyl (C=O) groups excluding carboxylic acids is 1. The fraction of sp³-hybridized carbons (Fsp3) is 0.375. The van der Waals surface area contributed by atoms with Crippen LogP contribution in [0.15, 0.2) is 18.3 Å². The van der Waals surface area contributed by atoms with Gasteiger partial charge in [0.05, 0.1) is 13.3 Å². The number of aromatic nitrogens is 2. The molecule has 0 aliphatic carbocycles. The molecule has 2 aromatic rings. The number of carbonyl (C=O) groups is 1. The van der Waals surface area contributed by atoms with Crippen LogP contribution in [0, 0.1) is 20.8 Å². The van der Waals surface area contributed by atoms with Gasteiger partial charge in [-0.05, 0) is 38.8 Å². The van der Waals surface area contributed by atoms with Crippen molar-refractivity contribution in [1.29, 1.82) is 0 Å². The van der Waals surface area contributed by atoms with E-state index in [4.69, 9.17) is 4.74 Å². The average Bonchev–Trinajstić information content (AvgIpc) is 2.79. The van der Waals surface area contributed by atoms with Gasteiger partial charge in [-0.3, -0.25) is 9.48 Å². The first-order valence-corrected chi connectivity index (χ1v) is 6.72. The molecule has 0 N–H and O–H groups in total. The van der Waals surface area contributed by atoms with E-state index in [0.717, 1.165) is 22.3 Å². The van der Waals surface area contributed by atoms with Gasteiger partial charge in [-0.1, -0.05) is 17.7 Å². The maximum atomic E-state index is 12.9. The molecule has 0 aliphatic heterocycles. The zero-order chi connectivity index (χ0) is 14.9. The molecule has 0 aliphatic rings. The van der Waals surface area contributed by atoms with Crippen LogP contribution in [0.1, 0.15) is 39.7 Å². The van der Waals surface area contributed by atoms with Crippen LogP contribution in [0.4, 0.5) is 0 Å². The molecule has 0 atom stereocenters. The van der Waals surface area contributed by atoms with Crippen LogP contribution in [-0.2, 0) is 6.54 Å². The Morgan fingerprint density at radius 3 is 2.35 bits per heavy atom. The van der Waals surface area contributed by atoms with Crippen LogP contribution < -0.4 is 4.74 Å². The summed E-state index contributed by atoms with van der Waals surface area (Å²) in [6.45, 7) is 8.55. The molecule has 4 heteroatoms. The summed E-state index contributed by atoms with van der Waals surface area (Å²) in [5, 5.41) is 4.20. The van der Waals surface area contributed by atoms with Gasteiger partial charge < -0.3 is 4.74 Å². The van der Waals surface area contributed by atoms with E-state index in [1.54, 1.807) is 18.0 Å². The number of benzene rings is 1. The summed E-state index contributed by atoms with van der Waals surface area (Å²) in [7, 11) is 1.56. The molecule has 4 nitrogen and oxygen atoms in total. The van der Waals surface area contributed by atoms with Crippen molar-refractivity contribution in [2.24, 2.45) is 0 Å². The molecule has 0 bridgehead atoms. The molecular weight excluding hydrogens is 252 g/mol. The van der Waals surface area contributed by atoms with Crippen molar-refractivity contribution in [2.45, 2.75) is 34.2 Å². The number of methoxy groups -OCH3 is 1. The second kappa shape index (κ2) is 5.49. The minimum absolute atomic E-state index is 0.0313. The van der Waals surface area contributed by atoms with E-state index < -0.39 is 0 Å². The molecule has 0 saturated carbocycles. The van der Waals surface area contributed by atoms with Crippen molar-refractivity contribution in [3.8, 4) is 5.75 Å². The Bertz CT molecular complexity index is 612. The molecule has 0 unspecified atom stereocenters. The lowest BCUT2D eigenvalue weighted by atomic mass is 9.95. The van der Waals surface area contributed by atoms with Crippen LogP contribution in [0.3, 0.4) is 0 Å². The summed E-state index contributed by atoms with van der Waals surface area (Å²) in [6.07, 6.45) is 1.59. The number of rotatable bonds is 4. The number of ether oxygens (including phenoxy) is 1. The molecule has 0 spiro atoms. The number of hydrogen-bond acceptors (Lipinski definition) is 3. The van der Waals surface area contributed by atoms with Gasteiger partial charge in [-0.2, -0.15) is 5.10 Å². The van der Waals surface area contributed by atoms with Crippen molar-refractivity contribution in [3.05, 3.63) is 46.3 Å². The summed E-state index contributed by atoms with van der Waals surface area (Å²) >= 11 is 0. The maximum absolute atomic E-state index is 12.9. The number of aryl methyl sites for hydroxylation is 4. The number of ketones is 1. The Balaban J connectivity index is 2.60. The van der Waals surface area contributed by atoms with Crippen LogP contribution in [-0.4, -0.2) is 22.7 Å². The standard InChI is InChI=1S/C16H20N2O2/c1-6-18-15(13(20-5)9-17-18)16(19)14-11(3)7-10(2)8-12(14)4/h7-9H,6H2,1-5H3. The molecule has 1 aromatic carbocycles. The van der Waals surface area contributed by atoms with Crippen molar-refractivity contribution >= 4 is 5.78 Å². The number of hydrogen-bond donors (Lipinski definition) is 0. The summed E-state index contributed by atoms with van der Waals surface area (Å²) < 4.78 is 6.95. The first kappa shape index (κ1) is 14.3. The Labute approximate surface area is 119 Å². The highest BCUT2D eigenvalue weighted by atomic mass is 16.5. The van der Waals surface area contributed by atoms with Gasteiger partial charge in [-0.25, -0.2) is 0 Å². The Morgan fingerprint density at radius 1 is 1.25 bits per heavy atom. The minimum Gasteiger partial charge on any atom is -0.493 e. The first-order chi connectivity index (χ1) is 9.49. The van der Waals surface area contributed by atoms with Crippen LogP contribution in [0.2, 0.25) is 0 Å². The lowest BCUT2D eigenvalue weighted by Crippen LogP contribution is -2.14. The number of nitrogens with zero attached hydrogens (tertiary/aromatic N) is 2. The molecule has 0 fully saturated rings. The second-order valence-electron chi connectivity index (χ2n) is 4.98. The molecule has 0 amide bonds. The molecule has 106 valence electrons. The zero-order valence-electron chi connectivity index (χ0n) is 12.7. The third-order valence-electron chi connectivity index (χ3n) is 3.44. The van der Waals surface area contributed by atoms with E-state index in [2.05, 4.69) is 5.10 Å². The largest absolute Gasteiger partial charge is 0.493 e. The summed E-state index contributed by atoms with van der Waals surface area (Å²) in [5.74, 6) is 0.493. The van der Waals surface area contributed by atoms with E-state index in [1.807, 2.05) is 39.8 Å². The molecular formula is C16H20N2O2. The highest BCUT2D eigenvalue weighted by molar-refractivity contribution is 6.11. The van der Waals surface area contributed by atoms with Crippen LogP contribution >= 0.6 is 0 Å². The second-order valence-corrected chi connectivity index (χ2v) is 4.98. The SMILES string of the molecule is CCn1ncc(OC)c1C(=O)c1c(C)cc(C)cc1C. The van der Waals surface area contributed by atoms with E-state index in [1.165, 1.54) is 0 Å². The predicted molar refractivity (Wildman–Crippen MR) is 78.5 cm³/mol. The molecule has 1 aromatic heterocycles. The first-order valence-electron chi connectivity index (χ1n) is 6.72. The van der Waals surface area contributed by atoms with Crippen molar-refractivity contribution in [3.63, 3.8) is 0 Å². The zero-order valence-corrected chi connectivity index (χ0v) is 12.7.